The number of methoxy groups -OCH3 is 2. The molecule has 1 atom stereocenters. The molecule has 1 aliphatic rings. The van der Waals surface area contributed by atoms with Gasteiger partial charge in [0.2, 0.25) is 5.91 Å². The Morgan fingerprint density at radius 1 is 1.03 bits per heavy atom. The lowest BCUT2D eigenvalue weighted by Gasteiger charge is -2.40. The normalized spacial score (nSPS) is 15.4. The molecule has 0 radical (unpaired) electrons. The molecule has 2 aromatic carbocycles. The van der Waals surface area contributed by atoms with Gasteiger partial charge < -0.3 is 29.1 Å². The number of carbonyl (C=O) groups excluding carboxylic acids is 2. The van der Waals surface area contributed by atoms with Gasteiger partial charge in [0.15, 0.2) is 11.5 Å². The minimum atomic E-state index is -0.161. The van der Waals surface area contributed by atoms with E-state index in [2.05, 4.69) is 6.92 Å². The number of unbranched alkanes of at least 4 members (excludes halogenated alkanes) is 2. The molecule has 9 heteroatoms. The predicted molar refractivity (Wildman–Crippen MR) is 147 cm³/mol. The highest BCUT2D eigenvalue weighted by Gasteiger charge is 2.33. The van der Waals surface area contributed by atoms with Crippen LogP contribution in [0.15, 0.2) is 36.4 Å². The summed E-state index contributed by atoms with van der Waals surface area (Å²) in [4.78, 5) is 30.7. The van der Waals surface area contributed by atoms with Crippen molar-refractivity contribution in [1.29, 1.82) is 0 Å². The van der Waals surface area contributed by atoms with Crippen molar-refractivity contribution in [2.45, 2.75) is 39.2 Å². The topological polar surface area (TPSA) is 91.8 Å². The lowest BCUT2D eigenvalue weighted by Crippen LogP contribution is -2.54. The number of rotatable bonds is 13. The third-order valence-electron chi connectivity index (χ3n) is 6.71. The van der Waals surface area contributed by atoms with Gasteiger partial charge in [0.05, 0.1) is 33.8 Å². The summed E-state index contributed by atoms with van der Waals surface area (Å²) in [5, 5.41) is 10.0. The predicted octanol–water partition coefficient (Wildman–Crippen LogP) is 3.95. The quantitative estimate of drug-likeness (QED) is 0.397. The number of benzene rings is 2. The summed E-state index contributed by atoms with van der Waals surface area (Å²) in [6, 6.07) is 10.9. The van der Waals surface area contributed by atoms with Crippen LogP contribution in [0.25, 0.3) is 0 Å². The molecule has 38 heavy (non-hydrogen) atoms. The molecule has 1 unspecified atom stereocenters. The van der Waals surface area contributed by atoms with Gasteiger partial charge in [-0.2, -0.15) is 0 Å². The number of carbonyl (C=O) groups is 2. The molecule has 1 saturated heterocycles. The van der Waals surface area contributed by atoms with E-state index in [0.717, 1.165) is 30.4 Å². The van der Waals surface area contributed by atoms with Crippen molar-refractivity contribution in [3.63, 3.8) is 0 Å². The molecular formula is C29H41N3O6. The van der Waals surface area contributed by atoms with Crippen molar-refractivity contribution < 1.29 is 28.9 Å². The van der Waals surface area contributed by atoms with Crippen molar-refractivity contribution in [3.05, 3.63) is 47.5 Å². The lowest BCUT2D eigenvalue weighted by molar-refractivity contribution is -0.127. The summed E-state index contributed by atoms with van der Waals surface area (Å²) in [7, 11) is 6.63. The van der Waals surface area contributed by atoms with E-state index in [1.54, 1.807) is 49.1 Å². The first-order valence-corrected chi connectivity index (χ1v) is 13.1. The molecule has 9 nitrogen and oxygen atoms in total. The molecular weight excluding hydrogens is 486 g/mol. The minimum absolute atomic E-state index is 0.000597. The second kappa shape index (κ2) is 13.9. The maximum atomic E-state index is 13.7. The Morgan fingerprint density at radius 3 is 2.45 bits per heavy atom. The number of urea groups is 1. The molecule has 208 valence electrons. The van der Waals surface area contributed by atoms with Gasteiger partial charge in [-0.05, 0) is 30.2 Å². The number of hydrogen-bond acceptors (Lipinski definition) is 6. The van der Waals surface area contributed by atoms with Crippen LogP contribution in [0.5, 0.6) is 17.2 Å². The number of nitrogens with zero attached hydrogens (tertiary/aromatic N) is 3. The Labute approximate surface area is 225 Å². The first-order chi connectivity index (χ1) is 18.3. The smallest absolute Gasteiger partial charge is 0.324 e. The van der Waals surface area contributed by atoms with Gasteiger partial charge in [0.25, 0.3) is 0 Å². The second-order valence-corrected chi connectivity index (χ2v) is 9.82. The summed E-state index contributed by atoms with van der Waals surface area (Å²) in [5.41, 5.74) is 2.36. The largest absolute Gasteiger partial charge is 0.496 e. The van der Waals surface area contributed by atoms with Crippen molar-refractivity contribution in [2.24, 2.45) is 5.92 Å². The van der Waals surface area contributed by atoms with Crippen LogP contribution in [0, 0.1) is 5.92 Å². The third kappa shape index (κ3) is 7.31. The van der Waals surface area contributed by atoms with Crippen LogP contribution in [0.2, 0.25) is 0 Å². The fourth-order valence-corrected chi connectivity index (χ4v) is 4.47. The summed E-state index contributed by atoms with van der Waals surface area (Å²) >= 11 is 0. The number of aliphatic hydroxyl groups excluding tert-OH is 1. The van der Waals surface area contributed by atoms with Crippen molar-refractivity contribution in [1.82, 2.24) is 9.80 Å². The monoisotopic (exact) mass is 527 g/mol. The van der Waals surface area contributed by atoms with E-state index < -0.39 is 0 Å². The third-order valence-corrected chi connectivity index (χ3v) is 6.71. The molecule has 1 aliphatic heterocycles. The second-order valence-electron chi connectivity index (χ2n) is 9.82. The van der Waals surface area contributed by atoms with Gasteiger partial charge in [0, 0.05) is 57.0 Å². The molecule has 1 N–H and O–H groups in total. The molecule has 0 aromatic heterocycles. The van der Waals surface area contributed by atoms with E-state index >= 15 is 0 Å². The zero-order valence-corrected chi connectivity index (χ0v) is 23.2. The highest BCUT2D eigenvalue weighted by molar-refractivity contribution is 5.93. The van der Waals surface area contributed by atoms with Crippen molar-refractivity contribution >= 4 is 17.6 Å². The molecule has 0 saturated carbocycles. The fraction of sp³-hybridized carbons (Fsp3) is 0.517. The molecule has 0 spiro atoms. The van der Waals surface area contributed by atoms with Crippen LogP contribution in [-0.2, 0) is 17.8 Å². The maximum Gasteiger partial charge on any atom is 0.324 e. The van der Waals surface area contributed by atoms with E-state index in [1.165, 1.54) is 0 Å². The fourth-order valence-electron chi connectivity index (χ4n) is 4.47. The Hall–Kier alpha value is -3.46. The molecule has 3 rings (SSSR count). The summed E-state index contributed by atoms with van der Waals surface area (Å²) < 4.78 is 17.1. The first kappa shape index (κ1) is 29.1. The average Bonchev–Trinajstić information content (AvgIpc) is 2.92. The van der Waals surface area contributed by atoms with Gasteiger partial charge in [-0.3, -0.25) is 9.69 Å². The van der Waals surface area contributed by atoms with E-state index in [1.807, 2.05) is 30.3 Å². The van der Waals surface area contributed by atoms with Crippen LogP contribution in [-0.4, -0.2) is 81.5 Å². The standard InChI is InChI=1S/C29H41N3O6/c1-6-7-8-13-38-27-16-24(11-12-25(27)36-4)32-18-22(20-33)17-31(29(32)35)19-23-10-9-21(14-26(23)37-5)15-28(34)30(2)3/h9-12,14,16,22,33H,6-8,13,15,17-20H2,1-5H3. The Kier molecular flexibility index (Phi) is 10.6. The van der Waals surface area contributed by atoms with Crippen molar-refractivity contribution in [3.8, 4) is 17.2 Å². The highest BCUT2D eigenvalue weighted by atomic mass is 16.5. The van der Waals surface area contributed by atoms with Gasteiger partial charge >= 0.3 is 6.03 Å². The van der Waals surface area contributed by atoms with E-state index in [-0.39, 0.29) is 30.9 Å². The summed E-state index contributed by atoms with van der Waals surface area (Å²) in [6.07, 6.45) is 3.39. The van der Waals surface area contributed by atoms with E-state index in [4.69, 9.17) is 14.2 Å². The van der Waals surface area contributed by atoms with Gasteiger partial charge in [0.1, 0.15) is 5.75 Å². The molecule has 0 bridgehead atoms. The highest BCUT2D eigenvalue weighted by Crippen LogP contribution is 2.34. The molecule has 1 heterocycles. The number of aliphatic hydroxyl groups is 1. The van der Waals surface area contributed by atoms with E-state index in [9.17, 15) is 14.7 Å². The van der Waals surface area contributed by atoms with Gasteiger partial charge in [-0.25, -0.2) is 4.79 Å². The molecule has 1 fully saturated rings. The number of hydrogen-bond donors (Lipinski definition) is 1. The minimum Gasteiger partial charge on any atom is -0.496 e. The Morgan fingerprint density at radius 2 is 1.79 bits per heavy atom. The lowest BCUT2D eigenvalue weighted by atomic mass is 10.0. The first-order valence-electron chi connectivity index (χ1n) is 13.1. The van der Waals surface area contributed by atoms with Gasteiger partial charge in [-0.15, -0.1) is 0 Å². The Balaban J connectivity index is 1.82. The number of anilines is 1. The van der Waals surface area contributed by atoms with Crippen LogP contribution in [0.3, 0.4) is 0 Å². The zero-order chi connectivity index (χ0) is 27.7. The maximum absolute atomic E-state index is 13.7. The summed E-state index contributed by atoms with van der Waals surface area (Å²) in [6.45, 7) is 3.81. The molecule has 0 aliphatic carbocycles. The van der Waals surface area contributed by atoms with Crippen LogP contribution in [0.1, 0.15) is 37.3 Å². The Bertz CT molecular complexity index is 1090. The SMILES string of the molecule is CCCCCOc1cc(N2CC(CO)CN(Cc3ccc(CC(=O)N(C)C)cc3OC)C2=O)ccc1OC. The van der Waals surface area contributed by atoms with Gasteiger partial charge in [-0.1, -0.05) is 31.9 Å². The number of ether oxygens (including phenoxy) is 3. The van der Waals surface area contributed by atoms with E-state index in [0.29, 0.717) is 49.2 Å². The number of amides is 3. The molecule has 2 aromatic rings. The number of likely N-dealkylation sites (N-methyl/N-ethyl adjacent to an activating group) is 1. The van der Waals surface area contributed by atoms with Crippen molar-refractivity contribution in [2.75, 3.05) is 59.5 Å². The molecule has 3 amide bonds. The van der Waals surface area contributed by atoms with Crippen LogP contribution >= 0.6 is 0 Å². The average molecular weight is 528 g/mol. The van der Waals surface area contributed by atoms with Crippen LogP contribution in [0.4, 0.5) is 10.5 Å². The van der Waals surface area contributed by atoms with Crippen LogP contribution < -0.4 is 19.1 Å². The summed E-state index contributed by atoms with van der Waals surface area (Å²) in [5.74, 6) is 1.71. The zero-order valence-electron chi connectivity index (χ0n) is 23.2.